The zero-order chi connectivity index (χ0) is 47.2. The summed E-state index contributed by atoms with van der Waals surface area (Å²) in [7, 11) is 0. The molecule has 2 saturated carbocycles. The van der Waals surface area contributed by atoms with Gasteiger partial charge < -0.3 is 18.3 Å². The Kier molecular flexibility index (Phi) is 9.93. The van der Waals surface area contributed by atoms with Crippen LogP contribution in [-0.2, 0) is 0 Å². The highest BCUT2D eigenvalue weighted by atomic mass is 19.1. The van der Waals surface area contributed by atoms with E-state index in [-0.39, 0.29) is 40.2 Å². The Hall–Kier alpha value is -8.21. The Morgan fingerprint density at radius 3 is 1.97 bits per heavy atom. The summed E-state index contributed by atoms with van der Waals surface area (Å²) in [6.45, 7) is 10.1. The van der Waals surface area contributed by atoms with Gasteiger partial charge in [-0.15, -0.1) is 20.4 Å². The Labute approximate surface area is 394 Å². The van der Waals surface area contributed by atoms with Gasteiger partial charge in [-0.2, -0.15) is 0 Å². The van der Waals surface area contributed by atoms with Gasteiger partial charge in [0.2, 0.25) is 0 Å². The van der Waals surface area contributed by atoms with Crippen molar-refractivity contribution in [3.05, 3.63) is 166 Å². The van der Waals surface area contributed by atoms with E-state index in [9.17, 15) is 9.59 Å². The monoisotopic (exact) mass is 918 g/mol. The van der Waals surface area contributed by atoms with Crippen LogP contribution in [0.2, 0.25) is 0 Å². The molecule has 12 rings (SSSR count). The maximum absolute atomic E-state index is 15.8. The molecule has 3 unspecified atom stereocenters. The minimum Gasteiger partial charge on any atom is -0.310 e. The molecule has 69 heavy (non-hydrogen) atoms. The fourth-order valence-electron chi connectivity index (χ4n) is 9.80. The molecule has 0 spiro atoms. The van der Waals surface area contributed by atoms with Crippen LogP contribution in [0.5, 0.6) is 0 Å². The van der Waals surface area contributed by atoms with E-state index in [4.69, 9.17) is 15.0 Å². The second kappa shape index (κ2) is 16.2. The summed E-state index contributed by atoms with van der Waals surface area (Å²) in [5.74, 6) is 2.54. The first kappa shape index (κ1) is 42.2. The van der Waals surface area contributed by atoms with Gasteiger partial charge in [0.15, 0.2) is 11.6 Å². The van der Waals surface area contributed by atoms with Crippen LogP contribution in [0.4, 0.5) is 4.39 Å². The molecule has 10 aromatic rings. The molecule has 16 nitrogen and oxygen atoms in total. The SMILES string of the molecule is Cc1cc2ccn(-c3cccc(-c4nncn4C(C)CC4CC4c4cn(-c5cc6c(=O)n(-c7cccc(-c8nncn8C(C)C)n7)cc(F)c6cc5C)cn4)n3)c(=O)c2cc1-n1cnc(C2CC2)c1. The largest absolute Gasteiger partial charge is 0.310 e. The molecule has 0 saturated heterocycles. The third-order valence-corrected chi connectivity index (χ3v) is 13.8. The number of rotatable bonds is 12. The van der Waals surface area contributed by atoms with Gasteiger partial charge in [-0.1, -0.05) is 12.1 Å². The lowest BCUT2D eigenvalue weighted by atomic mass is 10.1. The van der Waals surface area contributed by atoms with Gasteiger partial charge in [-0.25, -0.2) is 24.3 Å². The molecule has 3 atom stereocenters. The van der Waals surface area contributed by atoms with Crippen LogP contribution in [0.15, 0.2) is 126 Å². The van der Waals surface area contributed by atoms with Crippen LogP contribution in [0.3, 0.4) is 0 Å². The lowest BCUT2D eigenvalue weighted by molar-refractivity contribution is 0.473. The molecular weight excluding hydrogens is 872 g/mol. The standard InChI is InChI=1S/C52H47FN14O2/c1-29(2)66-27-56-60-49(66)41-8-7-11-48(59-41)65-22-40(53)38-17-31(4)46(21-39(38)52(65)69)63-24-44(55-26-63)36-19-35(36)18-32(5)67-28-57-61-50(67)42-9-6-10-47(58-42)64-15-14-34-16-30(3)45(20-37(34)51(64)68)62-23-43(54-25-62)33-12-13-33/h6-11,14-17,20-29,32-33,35-36H,12-13,18-19H2,1-5H3. The highest BCUT2D eigenvalue weighted by Gasteiger charge is 2.41. The average molecular weight is 919 g/mol. The number of hydrogen-bond donors (Lipinski definition) is 0. The average Bonchev–Trinajstić information content (AvgIpc) is 3.94. The van der Waals surface area contributed by atoms with E-state index in [1.807, 2.05) is 81.9 Å². The van der Waals surface area contributed by atoms with E-state index in [1.165, 1.54) is 23.6 Å². The van der Waals surface area contributed by atoms with E-state index < -0.39 is 11.4 Å². The topological polar surface area (TPSA) is 167 Å². The molecule has 0 aliphatic heterocycles. The minimum absolute atomic E-state index is 0.0369. The van der Waals surface area contributed by atoms with Crippen molar-refractivity contribution in [3.63, 3.8) is 0 Å². The van der Waals surface area contributed by atoms with Crippen molar-refractivity contribution in [1.82, 2.24) is 67.7 Å². The quantitative estimate of drug-likeness (QED) is 0.115. The van der Waals surface area contributed by atoms with E-state index in [2.05, 4.69) is 51.5 Å². The van der Waals surface area contributed by atoms with Crippen molar-refractivity contribution in [2.45, 2.75) is 84.2 Å². The fraction of sp³-hybridized carbons (Fsp3) is 0.269. The molecule has 2 aliphatic carbocycles. The first-order valence-corrected chi connectivity index (χ1v) is 23.3. The molecule has 0 amide bonds. The summed E-state index contributed by atoms with van der Waals surface area (Å²) in [5, 5.41) is 19.0. The second-order valence-electron chi connectivity index (χ2n) is 18.9. The van der Waals surface area contributed by atoms with Crippen molar-refractivity contribution in [3.8, 4) is 46.0 Å². The fourth-order valence-corrected chi connectivity index (χ4v) is 9.80. The number of halogens is 1. The van der Waals surface area contributed by atoms with E-state index >= 15 is 4.39 Å². The smallest absolute Gasteiger partial charge is 0.264 e. The van der Waals surface area contributed by atoms with Crippen LogP contribution in [0.1, 0.15) is 92.9 Å². The van der Waals surface area contributed by atoms with Gasteiger partial charge >= 0.3 is 0 Å². The Balaban J connectivity index is 0.768. The zero-order valence-corrected chi connectivity index (χ0v) is 38.6. The first-order chi connectivity index (χ1) is 33.5. The number of benzene rings is 2. The van der Waals surface area contributed by atoms with E-state index in [0.717, 1.165) is 52.1 Å². The Morgan fingerprint density at radius 2 is 1.28 bits per heavy atom. The summed E-state index contributed by atoms with van der Waals surface area (Å²) in [6.07, 6.45) is 18.2. The van der Waals surface area contributed by atoms with E-state index in [1.54, 1.807) is 60.1 Å². The number of nitrogens with zero attached hydrogens (tertiary/aromatic N) is 14. The second-order valence-corrected chi connectivity index (χ2v) is 18.9. The highest BCUT2D eigenvalue weighted by Crippen LogP contribution is 2.51. The van der Waals surface area contributed by atoms with Crippen LogP contribution >= 0.6 is 0 Å². The summed E-state index contributed by atoms with van der Waals surface area (Å²) in [4.78, 5) is 47.3. The zero-order valence-electron chi connectivity index (χ0n) is 38.6. The molecule has 2 aliphatic rings. The van der Waals surface area contributed by atoms with Gasteiger partial charge in [0.25, 0.3) is 11.1 Å². The third-order valence-electron chi connectivity index (χ3n) is 13.8. The summed E-state index contributed by atoms with van der Waals surface area (Å²) in [5.41, 5.74) is 6.15. The molecule has 344 valence electrons. The molecular formula is C52H47FN14O2. The number of aryl methyl sites for hydroxylation is 2. The molecule has 2 fully saturated rings. The number of hydrogen-bond acceptors (Lipinski definition) is 10. The van der Waals surface area contributed by atoms with Crippen molar-refractivity contribution in [2.24, 2.45) is 5.92 Å². The van der Waals surface area contributed by atoms with Crippen LogP contribution in [-0.4, -0.2) is 67.7 Å². The Morgan fingerprint density at radius 1 is 0.667 bits per heavy atom. The Bertz CT molecular complexity index is 3780. The predicted octanol–water partition coefficient (Wildman–Crippen LogP) is 8.94. The van der Waals surface area contributed by atoms with Gasteiger partial charge in [0.1, 0.15) is 41.5 Å². The van der Waals surface area contributed by atoms with Crippen LogP contribution < -0.4 is 11.1 Å². The molecule has 0 bridgehead atoms. The van der Waals surface area contributed by atoms with Gasteiger partial charge in [0, 0.05) is 53.3 Å². The molecule has 8 heterocycles. The molecule has 0 N–H and O–H groups in total. The predicted molar refractivity (Wildman–Crippen MR) is 259 cm³/mol. The van der Waals surface area contributed by atoms with Crippen molar-refractivity contribution in [1.29, 1.82) is 0 Å². The van der Waals surface area contributed by atoms with Crippen LogP contribution in [0.25, 0.3) is 67.6 Å². The van der Waals surface area contributed by atoms with Crippen molar-refractivity contribution < 1.29 is 4.39 Å². The molecule has 17 heteroatoms. The lowest BCUT2D eigenvalue weighted by Crippen LogP contribution is -2.20. The molecule has 0 radical (unpaired) electrons. The number of aromatic nitrogens is 14. The van der Waals surface area contributed by atoms with Gasteiger partial charge in [-0.05, 0) is 137 Å². The lowest BCUT2D eigenvalue weighted by Gasteiger charge is -2.16. The van der Waals surface area contributed by atoms with Gasteiger partial charge in [0.05, 0.1) is 47.0 Å². The van der Waals surface area contributed by atoms with Crippen LogP contribution in [0, 0.1) is 25.6 Å². The summed E-state index contributed by atoms with van der Waals surface area (Å²) in [6, 6.07) is 20.4. The normalized spacial score (nSPS) is 16.3. The van der Waals surface area contributed by atoms with Crippen molar-refractivity contribution in [2.75, 3.05) is 0 Å². The maximum Gasteiger partial charge on any atom is 0.264 e. The minimum atomic E-state index is -0.532. The highest BCUT2D eigenvalue weighted by molar-refractivity contribution is 5.86. The van der Waals surface area contributed by atoms with Gasteiger partial charge in [-0.3, -0.25) is 18.7 Å². The maximum atomic E-state index is 15.8. The summed E-state index contributed by atoms with van der Waals surface area (Å²) < 4.78 is 26.5. The molecule has 8 aromatic heterocycles. The summed E-state index contributed by atoms with van der Waals surface area (Å²) >= 11 is 0. The van der Waals surface area contributed by atoms with E-state index in [0.29, 0.717) is 46.1 Å². The number of pyridine rings is 4. The van der Waals surface area contributed by atoms with Crippen molar-refractivity contribution >= 4 is 21.5 Å². The third kappa shape index (κ3) is 7.44. The number of fused-ring (bicyclic) bond motifs is 2. The number of imidazole rings is 2. The molecule has 2 aromatic carbocycles. The first-order valence-electron chi connectivity index (χ1n) is 23.3.